The van der Waals surface area contributed by atoms with E-state index in [0.29, 0.717) is 17.2 Å². The number of aryl methyl sites for hydroxylation is 2. The predicted molar refractivity (Wildman–Crippen MR) is 179 cm³/mol. The second-order valence-corrected chi connectivity index (χ2v) is 11.1. The van der Waals surface area contributed by atoms with Crippen molar-refractivity contribution in [2.45, 2.75) is 26.7 Å². The summed E-state index contributed by atoms with van der Waals surface area (Å²) in [5.41, 5.74) is 9.99. The molecule has 0 amide bonds. The lowest BCUT2D eigenvalue weighted by Gasteiger charge is -2.28. The van der Waals surface area contributed by atoms with E-state index in [4.69, 9.17) is 13.9 Å². The number of furan rings is 1. The van der Waals surface area contributed by atoms with Gasteiger partial charge in [-0.3, -0.25) is 0 Å². The highest BCUT2D eigenvalue weighted by atomic mass is 16.6. The first kappa shape index (κ1) is 26.2. The lowest BCUT2D eigenvalue weighted by Crippen LogP contribution is -2.11. The maximum absolute atomic E-state index is 6.33. The smallest absolute Gasteiger partial charge is 0.172 e. The maximum Gasteiger partial charge on any atom is 0.172 e. The molecule has 0 atom stereocenters. The van der Waals surface area contributed by atoms with Crippen LogP contribution >= 0.6 is 0 Å². The van der Waals surface area contributed by atoms with E-state index in [1.54, 1.807) is 0 Å². The van der Waals surface area contributed by atoms with Gasteiger partial charge in [-0.15, -0.1) is 0 Å². The highest BCUT2D eigenvalue weighted by Crippen LogP contribution is 2.48. The third-order valence-corrected chi connectivity index (χ3v) is 8.51. The molecule has 0 aliphatic carbocycles. The fourth-order valence-electron chi connectivity index (χ4n) is 6.32. The first-order valence-corrected chi connectivity index (χ1v) is 15.2. The standard InChI is InChI=1S/C40H31NO3/c1-3-26-11-5-6-12-31(26)32-20-17-28(23-27(32)4-2)41(29-18-21-34-33-13-7-8-14-35(33)42-39(34)24-29)30-19-22-38-40(25-30)44-37-16-10-9-15-36(37)43-38/h5-25H,3-4H2,1-2H3. The molecule has 1 aliphatic heterocycles. The highest BCUT2D eigenvalue weighted by molar-refractivity contribution is 6.06. The Morgan fingerprint density at radius 1 is 0.455 bits per heavy atom. The fourth-order valence-corrected chi connectivity index (χ4v) is 6.32. The number of hydrogen-bond donors (Lipinski definition) is 0. The van der Waals surface area contributed by atoms with Crippen LogP contribution < -0.4 is 14.4 Å². The SMILES string of the molecule is CCc1ccccc1-c1ccc(N(c2ccc3c(c2)Oc2ccccc2O3)c2ccc3c(c2)oc2ccccc23)cc1CC. The average molecular weight is 574 g/mol. The summed E-state index contributed by atoms with van der Waals surface area (Å²) >= 11 is 0. The van der Waals surface area contributed by atoms with Crippen LogP contribution in [0.3, 0.4) is 0 Å². The Morgan fingerprint density at radius 2 is 1.05 bits per heavy atom. The minimum atomic E-state index is 0.681. The summed E-state index contributed by atoms with van der Waals surface area (Å²) in [6.07, 6.45) is 1.90. The minimum Gasteiger partial charge on any atom is -0.456 e. The van der Waals surface area contributed by atoms with Crippen molar-refractivity contribution in [2.24, 2.45) is 0 Å². The summed E-state index contributed by atoms with van der Waals surface area (Å²) in [6.45, 7) is 4.44. The molecular weight excluding hydrogens is 542 g/mol. The molecule has 1 aliphatic rings. The molecule has 0 saturated heterocycles. The molecule has 1 aromatic heterocycles. The lowest BCUT2D eigenvalue weighted by molar-refractivity contribution is 0.360. The second kappa shape index (κ2) is 10.7. The van der Waals surface area contributed by atoms with Crippen LogP contribution in [0.4, 0.5) is 17.1 Å². The molecule has 7 aromatic rings. The van der Waals surface area contributed by atoms with Crippen LogP contribution in [-0.4, -0.2) is 0 Å². The van der Waals surface area contributed by atoms with Gasteiger partial charge in [-0.05, 0) is 89.7 Å². The van der Waals surface area contributed by atoms with Gasteiger partial charge in [0.25, 0.3) is 0 Å². The van der Waals surface area contributed by atoms with Crippen molar-refractivity contribution < 1.29 is 13.9 Å². The van der Waals surface area contributed by atoms with Crippen LogP contribution in [0.25, 0.3) is 33.1 Å². The van der Waals surface area contributed by atoms with Crippen LogP contribution in [0.5, 0.6) is 23.0 Å². The molecule has 0 radical (unpaired) electrons. The summed E-state index contributed by atoms with van der Waals surface area (Å²) < 4.78 is 18.8. The largest absolute Gasteiger partial charge is 0.456 e. The molecule has 0 fully saturated rings. The van der Waals surface area contributed by atoms with Gasteiger partial charge in [0.1, 0.15) is 11.2 Å². The molecule has 0 unspecified atom stereocenters. The van der Waals surface area contributed by atoms with Crippen molar-refractivity contribution in [2.75, 3.05) is 4.90 Å². The molecule has 6 aromatic carbocycles. The van der Waals surface area contributed by atoms with Gasteiger partial charge >= 0.3 is 0 Å². The fraction of sp³-hybridized carbons (Fsp3) is 0.100. The monoisotopic (exact) mass is 573 g/mol. The van der Waals surface area contributed by atoms with E-state index in [1.165, 1.54) is 22.3 Å². The van der Waals surface area contributed by atoms with Gasteiger partial charge in [0, 0.05) is 34.3 Å². The van der Waals surface area contributed by atoms with Crippen LogP contribution in [0.15, 0.2) is 132 Å². The second-order valence-electron chi connectivity index (χ2n) is 11.1. The molecule has 8 rings (SSSR count). The van der Waals surface area contributed by atoms with Crippen LogP contribution in [0, 0.1) is 0 Å². The summed E-state index contributed by atoms with van der Waals surface area (Å²) in [6, 6.07) is 44.0. The van der Waals surface area contributed by atoms with Gasteiger partial charge in [0.2, 0.25) is 0 Å². The molecule has 214 valence electrons. The van der Waals surface area contributed by atoms with Gasteiger partial charge in [-0.2, -0.15) is 0 Å². The lowest BCUT2D eigenvalue weighted by atomic mass is 9.92. The number of nitrogens with zero attached hydrogens (tertiary/aromatic N) is 1. The van der Waals surface area contributed by atoms with Gasteiger partial charge in [-0.1, -0.05) is 74.5 Å². The number of para-hydroxylation sites is 3. The molecular formula is C40H31NO3. The molecule has 44 heavy (non-hydrogen) atoms. The zero-order valence-corrected chi connectivity index (χ0v) is 24.7. The van der Waals surface area contributed by atoms with Crippen LogP contribution in [0.2, 0.25) is 0 Å². The van der Waals surface area contributed by atoms with E-state index < -0.39 is 0 Å². The molecule has 0 saturated carbocycles. The van der Waals surface area contributed by atoms with Crippen molar-refractivity contribution >= 4 is 39.0 Å². The zero-order chi connectivity index (χ0) is 29.6. The van der Waals surface area contributed by atoms with E-state index in [2.05, 4.69) is 104 Å². The van der Waals surface area contributed by atoms with Gasteiger partial charge in [-0.25, -0.2) is 0 Å². The number of benzene rings is 6. The summed E-state index contributed by atoms with van der Waals surface area (Å²) in [4.78, 5) is 2.27. The Balaban J connectivity index is 1.29. The van der Waals surface area contributed by atoms with Crippen LogP contribution in [0.1, 0.15) is 25.0 Å². The summed E-state index contributed by atoms with van der Waals surface area (Å²) in [5, 5.41) is 2.22. The van der Waals surface area contributed by atoms with Crippen molar-refractivity contribution in [3.8, 4) is 34.1 Å². The minimum absolute atomic E-state index is 0.681. The van der Waals surface area contributed by atoms with E-state index in [-0.39, 0.29) is 0 Å². The van der Waals surface area contributed by atoms with Gasteiger partial charge in [0.05, 0.1) is 5.69 Å². The van der Waals surface area contributed by atoms with Gasteiger partial charge in [0.15, 0.2) is 23.0 Å². The quantitative estimate of drug-likeness (QED) is 0.198. The molecule has 4 nitrogen and oxygen atoms in total. The number of anilines is 3. The molecule has 2 heterocycles. The first-order valence-electron chi connectivity index (χ1n) is 15.2. The van der Waals surface area contributed by atoms with E-state index in [9.17, 15) is 0 Å². The molecule has 0 spiro atoms. The maximum atomic E-state index is 6.33. The highest BCUT2D eigenvalue weighted by Gasteiger charge is 2.23. The Morgan fingerprint density at radius 3 is 1.89 bits per heavy atom. The van der Waals surface area contributed by atoms with E-state index >= 15 is 0 Å². The van der Waals surface area contributed by atoms with Crippen molar-refractivity contribution in [1.29, 1.82) is 0 Å². The van der Waals surface area contributed by atoms with Crippen molar-refractivity contribution in [3.05, 3.63) is 139 Å². The van der Waals surface area contributed by atoms with Crippen LogP contribution in [-0.2, 0) is 12.8 Å². The Hall–Kier alpha value is -5.48. The molecule has 0 bridgehead atoms. The van der Waals surface area contributed by atoms with E-state index in [0.717, 1.165) is 57.6 Å². The average Bonchev–Trinajstić information content (AvgIpc) is 3.45. The Kier molecular flexibility index (Phi) is 6.34. The first-order chi connectivity index (χ1) is 21.7. The molecule has 0 N–H and O–H groups in total. The Labute approximate surface area is 256 Å². The molecule has 4 heteroatoms. The summed E-state index contributed by atoms with van der Waals surface area (Å²) in [5.74, 6) is 2.80. The number of fused-ring (bicyclic) bond motifs is 5. The normalized spacial score (nSPS) is 12.0. The Bertz CT molecular complexity index is 2180. The predicted octanol–water partition coefficient (Wildman–Crippen LogP) is 11.7. The van der Waals surface area contributed by atoms with E-state index in [1.807, 2.05) is 42.5 Å². The van der Waals surface area contributed by atoms with Gasteiger partial charge < -0.3 is 18.8 Å². The summed E-state index contributed by atoms with van der Waals surface area (Å²) in [7, 11) is 0. The topological polar surface area (TPSA) is 34.8 Å². The zero-order valence-electron chi connectivity index (χ0n) is 24.7. The number of hydrogen-bond acceptors (Lipinski definition) is 4. The van der Waals surface area contributed by atoms with Crippen molar-refractivity contribution in [3.63, 3.8) is 0 Å². The third-order valence-electron chi connectivity index (χ3n) is 8.51. The number of ether oxygens (including phenoxy) is 2. The van der Waals surface area contributed by atoms with Crippen molar-refractivity contribution in [1.82, 2.24) is 0 Å². The number of rotatable bonds is 6. The third kappa shape index (κ3) is 4.38.